The zero-order valence-corrected chi connectivity index (χ0v) is 16.1. The molecule has 0 spiro atoms. The van der Waals surface area contributed by atoms with Crippen molar-refractivity contribution in [2.75, 3.05) is 31.1 Å². The van der Waals surface area contributed by atoms with E-state index in [0.29, 0.717) is 13.1 Å². The van der Waals surface area contributed by atoms with Gasteiger partial charge in [0.1, 0.15) is 6.10 Å². The quantitative estimate of drug-likeness (QED) is 0.802. The van der Waals surface area contributed by atoms with Gasteiger partial charge in [0.2, 0.25) is 0 Å². The first-order chi connectivity index (χ1) is 13.1. The molecule has 0 bridgehead atoms. The number of amides is 2. The predicted molar refractivity (Wildman–Crippen MR) is 104 cm³/mol. The first-order valence-corrected chi connectivity index (χ1v) is 10.0. The molecule has 1 aromatic heterocycles. The van der Waals surface area contributed by atoms with Crippen LogP contribution in [0, 0.1) is 0 Å². The summed E-state index contributed by atoms with van der Waals surface area (Å²) < 4.78 is 5.54. The smallest absolute Gasteiger partial charge is 0.317 e. The molecular weight excluding hydrogens is 344 g/mol. The average molecular weight is 374 g/mol. The maximum atomic E-state index is 12.5. The number of piperazine rings is 1. The van der Waals surface area contributed by atoms with Crippen molar-refractivity contribution in [3.8, 4) is 0 Å². The molecule has 1 unspecified atom stereocenters. The second kappa shape index (κ2) is 9.58. The largest absolute Gasteiger partial charge is 0.462 e. The van der Waals surface area contributed by atoms with Crippen LogP contribution in [0.25, 0.3) is 0 Å². The minimum Gasteiger partial charge on any atom is -0.462 e. The van der Waals surface area contributed by atoms with E-state index in [1.54, 1.807) is 17.3 Å². The first-order valence-electron chi connectivity index (χ1n) is 10.0. The van der Waals surface area contributed by atoms with Gasteiger partial charge in [0, 0.05) is 50.3 Å². The number of nitrogens with zero attached hydrogens (tertiary/aromatic N) is 3. The van der Waals surface area contributed by atoms with Gasteiger partial charge >= 0.3 is 12.0 Å². The Morgan fingerprint density at radius 2 is 1.81 bits per heavy atom. The van der Waals surface area contributed by atoms with E-state index in [-0.39, 0.29) is 30.6 Å². The summed E-state index contributed by atoms with van der Waals surface area (Å²) in [5.41, 5.74) is 1.13. The van der Waals surface area contributed by atoms with Gasteiger partial charge in [0.15, 0.2) is 0 Å². The second-order valence-corrected chi connectivity index (χ2v) is 7.48. The molecule has 1 atom stereocenters. The number of rotatable bonds is 5. The van der Waals surface area contributed by atoms with Gasteiger partial charge in [-0.2, -0.15) is 0 Å². The summed E-state index contributed by atoms with van der Waals surface area (Å²) in [5, 5.41) is 2.93. The zero-order chi connectivity index (χ0) is 19.1. The van der Waals surface area contributed by atoms with Crippen LogP contribution < -0.4 is 10.2 Å². The molecule has 0 radical (unpaired) electrons. The molecule has 1 aromatic rings. The van der Waals surface area contributed by atoms with Gasteiger partial charge in [-0.25, -0.2) is 4.79 Å². The molecule has 7 heteroatoms. The highest BCUT2D eigenvalue weighted by Crippen LogP contribution is 2.21. The normalized spacial score (nSPS) is 19.4. The van der Waals surface area contributed by atoms with Gasteiger partial charge in [-0.3, -0.25) is 9.78 Å². The Hall–Kier alpha value is -2.31. The van der Waals surface area contributed by atoms with E-state index in [4.69, 9.17) is 4.74 Å². The number of nitrogens with one attached hydrogen (secondary N) is 1. The second-order valence-electron chi connectivity index (χ2n) is 7.48. The van der Waals surface area contributed by atoms with Gasteiger partial charge in [0.05, 0.1) is 6.42 Å². The molecule has 27 heavy (non-hydrogen) atoms. The number of anilines is 1. The number of hydrogen-bond donors (Lipinski definition) is 1. The number of esters is 1. The number of urea groups is 1. The van der Waals surface area contributed by atoms with Crippen LogP contribution in [0.3, 0.4) is 0 Å². The Labute approximate surface area is 161 Å². The summed E-state index contributed by atoms with van der Waals surface area (Å²) in [6, 6.07) is 3.63. The molecule has 1 aliphatic heterocycles. The van der Waals surface area contributed by atoms with Crippen molar-refractivity contribution in [1.82, 2.24) is 15.2 Å². The summed E-state index contributed by atoms with van der Waals surface area (Å²) in [6.45, 7) is 4.75. The summed E-state index contributed by atoms with van der Waals surface area (Å²) in [5.74, 6) is -0.211. The maximum absolute atomic E-state index is 12.5. The highest BCUT2D eigenvalue weighted by Gasteiger charge is 2.24. The Morgan fingerprint density at radius 1 is 1.15 bits per heavy atom. The van der Waals surface area contributed by atoms with E-state index in [9.17, 15) is 9.59 Å². The maximum Gasteiger partial charge on any atom is 0.317 e. The zero-order valence-electron chi connectivity index (χ0n) is 16.1. The molecule has 1 saturated carbocycles. The lowest BCUT2D eigenvalue weighted by Gasteiger charge is -2.36. The molecule has 2 amide bonds. The molecular formula is C20H30N4O3. The van der Waals surface area contributed by atoms with Gasteiger partial charge < -0.3 is 19.9 Å². The fraction of sp³-hybridized carbons (Fsp3) is 0.650. The van der Waals surface area contributed by atoms with Crippen molar-refractivity contribution in [2.45, 2.75) is 57.6 Å². The number of hydrogen-bond acceptors (Lipinski definition) is 5. The Balaban J connectivity index is 1.37. The van der Waals surface area contributed by atoms with Gasteiger partial charge in [-0.15, -0.1) is 0 Å². The lowest BCUT2D eigenvalue weighted by molar-refractivity contribution is -0.150. The number of pyridine rings is 1. The molecule has 2 fully saturated rings. The van der Waals surface area contributed by atoms with Crippen LogP contribution >= 0.6 is 0 Å². The lowest BCUT2D eigenvalue weighted by Crippen LogP contribution is -2.53. The van der Waals surface area contributed by atoms with Crippen molar-refractivity contribution in [1.29, 1.82) is 0 Å². The Kier molecular flexibility index (Phi) is 6.90. The third-order valence-electron chi connectivity index (χ3n) is 5.29. The fourth-order valence-corrected chi connectivity index (χ4v) is 3.74. The molecule has 1 N–H and O–H groups in total. The van der Waals surface area contributed by atoms with E-state index in [1.807, 2.05) is 19.1 Å². The van der Waals surface area contributed by atoms with E-state index in [0.717, 1.165) is 44.5 Å². The average Bonchev–Trinajstić information content (AvgIpc) is 2.69. The van der Waals surface area contributed by atoms with Crippen LogP contribution in [0.15, 0.2) is 24.5 Å². The van der Waals surface area contributed by atoms with Gasteiger partial charge in [0.25, 0.3) is 0 Å². The highest BCUT2D eigenvalue weighted by atomic mass is 16.5. The van der Waals surface area contributed by atoms with E-state index < -0.39 is 0 Å². The molecule has 1 saturated heterocycles. The van der Waals surface area contributed by atoms with Crippen molar-refractivity contribution in [2.24, 2.45) is 0 Å². The Morgan fingerprint density at radius 3 is 2.48 bits per heavy atom. The topological polar surface area (TPSA) is 74.8 Å². The number of carbonyl (C=O) groups excluding carboxylic acids is 2. The molecule has 2 aliphatic rings. The minimum atomic E-state index is -0.230. The minimum absolute atomic E-state index is 0.0652. The monoisotopic (exact) mass is 374 g/mol. The van der Waals surface area contributed by atoms with Crippen LogP contribution in [-0.2, 0) is 9.53 Å². The number of carbonyl (C=O) groups is 2. The van der Waals surface area contributed by atoms with Crippen molar-refractivity contribution < 1.29 is 14.3 Å². The van der Waals surface area contributed by atoms with Crippen molar-refractivity contribution in [3.63, 3.8) is 0 Å². The summed E-state index contributed by atoms with van der Waals surface area (Å²) in [4.78, 5) is 32.6. The fourth-order valence-electron chi connectivity index (χ4n) is 3.74. The highest BCUT2D eigenvalue weighted by molar-refractivity contribution is 5.76. The van der Waals surface area contributed by atoms with E-state index >= 15 is 0 Å². The van der Waals surface area contributed by atoms with Crippen molar-refractivity contribution >= 4 is 17.7 Å². The summed E-state index contributed by atoms with van der Waals surface area (Å²) in [7, 11) is 0. The van der Waals surface area contributed by atoms with Crippen molar-refractivity contribution in [3.05, 3.63) is 24.5 Å². The molecule has 148 valence electrons. The van der Waals surface area contributed by atoms with Crippen LogP contribution in [0.1, 0.15) is 45.4 Å². The molecule has 2 heterocycles. The van der Waals surface area contributed by atoms with E-state index in [2.05, 4.69) is 15.2 Å². The molecule has 7 nitrogen and oxygen atoms in total. The SMILES string of the molecule is CC(CC(=O)OC1CCCCC1)NC(=O)N1CCN(c2ccncc2)CC1. The number of aromatic nitrogens is 1. The van der Waals surface area contributed by atoms with Crippen LogP contribution in [0.2, 0.25) is 0 Å². The molecule has 3 rings (SSSR count). The van der Waals surface area contributed by atoms with Crippen LogP contribution in [-0.4, -0.2) is 60.2 Å². The third kappa shape index (κ3) is 5.84. The van der Waals surface area contributed by atoms with Gasteiger partial charge in [-0.05, 0) is 44.7 Å². The number of ether oxygens (including phenoxy) is 1. The lowest BCUT2D eigenvalue weighted by atomic mass is 9.98. The first kappa shape index (κ1) is 19.5. The van der Waals surface area contributed by atoms with Gasteiger partial charge in [-0.1, -0.05) is 6.42 Å². The molecule has 0 aromatic carbocycles. The summed E-state index contributed by atoms with van der Waals surface area (Å²) >= 11 is 0. The summed E-state index contributed by atoms with van der Waals surface area (Å²) in [6.07, 6.45) is 9.28. The van der Waals surface area contributed by atoms with Crippen LogP contribution in [0.4, 0.5) is 10.5 Å². The van der Waals surface area contributed by atoms with Crippen LogP contribution in [0.5, 0.6) is 0 Å². The third-order valence-corrected chi connectivity index (χ3v) is 5.29. The predicted octanol–water partition coefficient (Wildman–Crippen LogP) is 2.57. The molecule has 1 aliphatic carbocycles. The Bertz CT molecular complexity index is 611. The van der Waals surface area contributed by atoms with E-state index in [1.165, 1.54) is 6.42 Å². The standard InChI is InChI=1S/C20H30N4O3/c1-16(15-19(25)27-18-5-3-2-4-6-18)22-20(26)24-13-11-23(12-14-24)17-7-9-21-10-8-17/h7-10,16,18H,2-6,11-15H2,1H3,(H,22,26).